The number of para-hydroxylation sites is 1. The van der Waals surface area contributed by atoms with Crippen molar-refractivity contribution in [1.82, 2.24) is 0 Å². The van der Waals surface area contributed by atoms with Crippen LogP contribution in [-0.2, 0) is 0 Å². The van der Waals surface area contributed by atoms with E-state index in [0.29, 0.717) is 6.42 Å². The van der Waals surface area contributed by atoms with Gasteiger partial charge in [0.05, 0.1) is 11.3 Å². The number of aliphatic hydroxyl groups is 1. The molecule has 16 heavy (non-hydrogen) atoms. The molecule has 2 heteroatoms. The van der Waals surface area contributed by atoms with E-state index in [4.69, 9.17) is 0 Å². The molecule has 0 heterocycles. The number of aliphatic imine (C=N–C) groups is 1. The van der Waals surface area contributed by atoms with Crippen molar-refractivity contribution >= 4 is 11.4 Å². The maximum Gasteiger partial charge on any atom is 0.0694 e. The Labute approximate surface area is 98.0 Å². The van der Waals surface area contributed by atoms with Gasteiger partial charge < -0.3 is 5.11 Å². The summed E-state index contributed by atoms with van der Waals surface area (Å²) >= 11 is 0. The monoisotopic (exact) mass is 219 g/mol. The van der Waals surface area contributed by atoms with Crippen molar-refractivity contribution in [2.45, 2.75) is 39.7 Å². The van der Waals surface area contributed by atoms with Crippen LogP contribution in [0.25, 0.3) is 0 Å². The number of nitrogens with zero attached hydrogens (tertiary/aromatic N) is 1. The minimum Gasteiger partial charge on any atom is -0.390 e. The standard InChI is InChI=1S/C14H21NO/c1-11(2)14(4,16)10-12(3)15-13-8-6-5-7-9-13/h5-9,11,16H,10H2,1-4H3. The third-order valence-electron chi connectivity index (χ3n) is 2.93. The Hall–Kier alpha value is -1.15. The number of rotatable bonds is 4. The van der Waals surface area contributed by atoms with Crippen molar-refractivity contribution in [2.75, 3.05) is 0 Å². The molecular weight excluding hydrogens is 198 g/mol. The van der Waals surface area contributed by atoms with Crippen LogP contribution in [0.1, 0.15) is 34.1 Å². The van der Waals surface area contributed by atoms with E-state index in [9.17, 15) is 5.11 Å². The van der Waals surface area contributed by atoms with Gasteiger partial charge >= 0.3 is 0 Å². The Balaban J connectivity index is 2.73. The minimum absolute atomic E-state index is 0.230. The molecule has 0 fully saturated rings. The molecule has 0 aliphatic rings. The Morgan fingerprint density at radius 2 is 1.88 bits per heavy atom. The zero-order chi connectivity index (χ0) is 12.2. The average Bonchev–Trinajstić information content (AvgIpc) is 2.17. The van der Waals surface area contributed by atoms with Crippen molar-refractivity contribution in [3.8, 4) is 0 Å². The molecule has 0 aliphatic heterocycles. The molecule has 1 unspecified atom stereocenters. The van der Waals surface area contributed by atoms with Gasteiger partial charge in [-0.1, -0.05) is 32.0 Å². The first-order valence-corrected chi connectivity index (χ1v) is 5.73. The summed E-state index contributed by atoms with van der Waals surface area (Å²) in [6, 6.07) is 9.83. The van der Waals surface area contributed by atoms with E-state index in [1.54, 1.807) is 0 Å². The highest BCUT2D eigenvalue weighted by atomic mass is 16.3. The second kappa shape index (κ2) is 5.26. The first kappa shape index (κ1) is 12.9. The van der Waals surface area contributed by atoms with E-state index in [-0.39, 0.29) is 5.92 Å². The fraction of sp³-hybridized carbons (Fsp3) is 0.500. The summed E-state index contributed by atoms with van der Waals surface area (Å²) in [4.78, 5) is 4.48. The molecule has 1 aromatic rings. The van der Waals surface area contributed by atoms with Crippen LogP contribution in [0.5, 0.6) is 0 Å². The topological polar surface area (TPSA) is 32.6 Å². The predicted molar refractivity (Wildman–Crippen MR) is 69.3 cm³/mol. The summed E-state index contributed by atoms with van der Waals surface area (Å²) in [5, 5.41) is 10.2. The predicted octanol–water partition coefficient (Wildman–Crippen LogP) is 3.58. The van der Waals surface area contributed by atoms with Crippen LogP contribution in [0.15, 0.2) is 35.3 Å². The Kier molecular flexibility index (Phi) is 4.25. The molecule has 1 atom stereocenters. The van der Waals surface area contributed by atoms with E-state index in [0.717, 1.165) is 11.4 Å². The van der Waals surface area contributed by atoms with Crippen LogP contribution >= 0.6 is 0 Å². The third-order valence-corrected chi connectivity index (χ3v) is 2.93. The summed E-state index contributed by atoms with van der Waals surface area (Å²) in [7, 11) is 0. The minimum atomic E-state index is -0.678. The second-order valence-electron chi connectivity index (χ2n) is 4.87. The zero-order valence-corrected chi connectivity index (χ0v) is 10.6. The number of hydrogen-bond acceptors (Lipinski definition) is 2. The molecule has 0 radical (unpaired) electrons. The zero-order valence-electron chi connectivity index (χ0n) is 10.6. The van der Waals surface area contributed by atoms with Gasteiger partial charge in [0, 0.05) is 12.1 Å². The van der Waals surface area contributed by atoms with Crippen molar-refractivity contribution < 1.29 is 5.11 Å². The van der Waals surface area contributed by atoms with Crippen LogP contribution in [0, 0.1) is 5.92 Å². The largest absolute Gasteiger partial charge is 0.390 e. The molecule has 0 aliphatic carbocycles. The van der Waals surface area contributed by atoms with E-state index in [2.05, 4.69) is 4.99 Å². The Morgan fingerprint density at radius 1 is 1.31 bits per heavy atom. The molecule has 0 saturated heterocycles. The molecular formula is C14H21NO. The molecule has 0 bridgehead atoms. The van der Waals surface area contributed by atoms with Gasteiger partial charge in [-0.25, -0.2) is 0 Å². The van der Waals surface area contributed by atoms with E-state index >= 15 is 0 Å². The molecule has 88 valence electrons. The van der Waals surface area contributed by atoms with E-state index < -0.39 is 5.60 Å². The molecule has 0 aromatic heterocycles. The lowest BCUT2D eigenvalue weighted by Crippen LogP contribution is -2.33. The molecule has 0 amide bonds. The van der Waals surface area contributed by atoms with Gasteiger partial charge in [0.15, 0.2) is 0 Å². The van der Waals surface area contributed by atoms with Gasteiger partial charge in [0.1, 0.15) is 0 Å². The van der Waals surface area contributed by atoms with E-state index in [1.165, 1.54) is 0 Å². The average molecular weight is 219 g/mol. The van der Waals surface area contributed by atoms with Crippen LogP contribution in [-0.4, -0.2) is 16.4 Å². The lowest BCUT2D eigenvalue weighted by atomic mass is 9.87. The van der Waals surface area contributed by atoms with Crippen molar-refractivity contribution in [3.05, 3.63) is 30.3 Å². The van der Waals surface area contributed by atoms with Crippen LogP contribution in [0.4, 0.5) is 5.69 Å². The summed E-state index contributed by atoms with van der Waals surface area (Å²) in [5.41, 5.74) is 1.23. The Morgan fingerprint density at radius 3 is 2.38 bits per heavy atom. The summed E-state index contributed by atoms with van der Waals surface area (Å²) in [6.45, 7) is 7.87. The highest BCUT2D eigenvalue weighted by Crippen LogP contribution is 2.22. The summed E-state index contributed by atoms with van der Waals surface area (Å²) < 4.78 is 0. The smallest absolute Gasteiger partial charge is 0.0694 e. The van der Waals surface area contributed by atoms with Crippen LogP contribution in [0.3, 0.4) is 0 Å². The Bertz CT molecular complexity index is 352. The van der Waals surface area contributed by atoms with Crippen molar-refractivity contribution in [1.29, 1.82) is 0 Å². The first-order valence-electron chi connectivity index (χ1n) is 5.73. The summed E-state index contributed by atoms with van der Waals surface area (Å²) in [6.07, 6.45) is 0.611. The van der Waals surface area contributed by atoms with Crippen LogP contribution < -0.4 is 0 Å². The van der Waals surface area contributed by atoms with Gasteiger partial charge in [-0.3, -0.25) is 4.99 Å². The molecule has 0 saturated carbocycles. The molecule has 2 nitrogen and oxygen atoms in total. The normalized spacial score (nSPS) is 16.2. The van der Waals surface area contributed by atoms with Gasteiger partial charge in [-0.15, -0.1) is 0 Å². The van der Waals surface area contributed by atoms with Gasteiger partial charge in [-0.05, 0) is 31.9 Å². The van der Waals surface area contributed by atoms with E-state index in [1.807, 2.05) is 58.0 Å². The lowest BCUT2D eigenvalue weighted by Gasteiger charge is -2.27. The van der Waals surface area contributed by atoms with Gasteiger partial charge in [0.25, 0.3) is 0 Å². The first-order chi connectivity index (χ1) is 7.42. The maximum absolute atomic E-state index is 10.2. The maximum atomic E-state index is 10.2. The fourth-order valence-corrected chi connectivity index (χ4v) is 1.48. The number of benzene rings is 1. The van der Waals surface area contributed by atoms with Crippen molar-refractivity contribution in [2.24, 2.45) is 10.9 Å². The third kappa shape index (κ3) is 3.78. The van der Waals surface area contributed by atoms with Gasteiger partial charge in [-0.2, -0.15) is 0 Å². The molecule has 1 rings (SSSR count). The lowest BCUT2D eigenvalue weighted by molar-refractivity contribution is 0.0207. The van der Waals surface area contributed by atoms with Crippen LogP contribution in [0.2, 0.25) is 0 Å². The molecule has 1 N–H and O–H groups in total. The number of hydrogen-bond donors (Lipinski definition) is 1. The summed E-state index contributed by atoms with van der Waals surface area (Å²) in [5.74, 6) is 0.230. The SMILES string of the molecule is CC(CC(C)(O)C(C)C)=Nc1ccccc1. The quantitative estimate of drug-likeness (QED) is 0.771. The molecule has 1 aromatic carbocycles. The molecule has 0 spiro atoms. The highest BCUT2D eigenvalue weighted by molar-refractivity contribution is 5.85. The highest BCUT2D eigenvalue weighted by Gasteiger charge is 2.25. The second-order valence-corrected chi connectivity index (χ2v) is 4.87. The van der Waals surface area contributed by atoms with Crippen molar-refractivity contribution in [3.63, 3.8) is 0 Å². The van der Waals surface area contributed by atoms with Gasteiger partial charge in [0.2, 0.25) is 0 Å². The fourth-order valence-electron chi connectivity index (χ4n) is 1.48.